The number of hydrogen-bond acceptors (Lipinski definition) is 5. The summed E-state index contributed by atoms with van der Waals surface area (Å²) in [7, 11) is 4.79. The van der Waals surface area contributed by atoms with Crippen LogP contribution in [0.3, 0.4) is 0 Å². The first-order chi connectivity index (χ1) is 11.7. The summed E-state index contributed by atoms with van der Waals surface area (Å²) >= 11 is 0. The van der Waals surface area contributed by atoms with Crippen molar-refractivity contribution in [3.05, 3.63) is 60.0 Å². The molecule has 5 nitrogen and oxygen atoms in total. The summed E-state index contributed by atoms with van der Waals surface area (Å²) in [6.07, 6.45) is 2.28. The average Bonchev–Trinajstić information content (AvgIpc) is 3.10. The van der Waals surface area contributed by atoms with Crippen LogP contribution in [0.1, 0.15) is 11.3 Å². The lowest BCUT2D eigenvalue weighted by Gasteiger charge is -2.13. The van der Waals surface area contributed by atoms with Crippen molar-refractivity contribution in [2.24, 2.45) is 0 Å². The summed E-state index contributed by atoms with van der Waals surface area (Å²) in [5, 5.41) is 0. The number of nitrogens with zero attached hydrogens (tertiary/aromatic N) is 1. The Labute approximate surface area is 140 Å². The quantitative estimate of drug-likeness (QED) is 0.686. The normalized spacial score (nSPS) is 10.5. The number of methoxy groups -OCH3 is 3. The van der Waals surface area contributed by atoms with E-state index in [1.807, 2.05) is 42.5 Å². The van der Waals surface area contributed by atoms with E-state index in [0.717, 1.165) is 16.8 Å². The third-order valence-corrected chi connectivity index (χ3v) is 3.68. The molecular weight excluding hydrogens is 306 g/mol. The van der Waals surface area contributed by atoms with Gasteiger partial charge in [-0.15, -0.1) is 0 Å². The molecule has 0 N–H and O–H groups in total. The fraction of sp³-hybridized carbons (Fsp3) is 0.211. The predicted molar refractivity (Wildman–Crippen MR) is 90.8 cm³/mol. The molecule has 5 heteroatoms. The van der Waals surface area contributed by atoms with Gasteiger partial charge in [0.1, 0.15) is 6.26 Å². The molecule has 0 aliphatic carbocycles. The van der Waals surface area contributed by atoms with Gasteiger partial charge >= 0.3 is 0 Å². The van der Waals surface area contributed by atoms with Crippen LogP contribution in [0.15, 0.2) is 53.1 Å². The van der Waals surface area contributed by atoms with Crippen LogP contribution >= 0.6 is 0 Å². The van der Waals surface area contributed by atoms with Gasteiger partial charge in [0.15, 0.2) is 11.5 Å². The zero-order valence-electron chi connectivity index (χ0n) is 13.9. The van der Waals surface area contributed by atoms with E-state index in [-0.39, 0.29) is 0 Å². The van der Waals surface area contributed by atoms with E-state index >= 15 is 0 Å². The van der Waals surface area contributed by atoms with Crippen LogP contribution in [0.4, 0.5) is 0 Å². The van der Waals surface area contributed by atoms with Crippen LogP contribution in [-0.4, -0.2) is 26.3 Å². The predicted octanol–water partition coefficient (Wildman–Crippen LogP) is 3.96. The van der Waals surface area contributed by atoms with E-state index in [0.29, 0.717) is 29.6 Å². The van der Waals surface area contributed by atoms with Gasteiger partial charge in [-0.3, -0.25) is 0 Å². The number of oxazole rings is 1. The van der Waals surface area contributed by atoms with Crippen molar-refractivity contribution in [1.29, 1.82) is 0 Å². The summed E-state index contributed by atoms with van der Waals surface area (Å²) in [4.78, 5) is 4.55. The first-order valence-corrected chi connectivity index (χ1v) is 7.54. The van der Waals surface area contributed by atoms with Crippen LogP contribution in [0.5, 0.6) is 17.2 Å². The highest BCUT2D eigenvalue weighted by Crippen LogP contribution is 2.38. The summed E-state index contributed by atoms with van der Waals surface area (Å²) in [6.45, 7) is 0. The fourth-order valence-electron chi connectivity index (χ4n) is 2.55. The van der Waals surface area contributed by atoms with Gasteiger partial charge in [0, 0.05) is 12.0 Å². The van der Waals surface area contributed by atoms with E-state index < -0.39 is 0 Å². The molecule has 0 saturated heterocycles. The van der Waals surface area contributed by atoms with Gasteiger partial charge in [0.05, 0.1) is 27.0 Å². The maximum atomic E-state index is 5.58. The van der Waals surface area contributed by atoms with Crippen molar-refractivity contribution in [3.8, 4) is 28.7 Å². The lowest BCUT2D eigenvalue weighted by molar-refractivity contribution is 0.324. The Morgan fingerprint density at radius 2 is 1.58 bits per heavy atom. The van der Waals surface area contributed by atoms with Gasteiger partial charge in [-0.2, -0.15) is 0 Å². The van der Waals surface area contributed by atoms with Crippen LogP contribution in [0.25, 0.3) is 11.5 Å². The summed E-state index contributed by atoms with van der Waals surface area (Å²) < 4.78 is 21.7. The molecule has 24 heavy (non-hydrogen) atoms. The van der Waals surface area contributed by atoms with Crippen molar-refractivity contribution in [2.75, 3.05) is 21.3 Å². The molecule has 0 saturated carbocycles. The maximum Gasteiger partial charge on any atom is 0.226 e. The number of hydrogen-bond donors (Lipinski definition) is 0. The molecule has 0 spiro atoms. The third-order valence-electron chi connectivity index (χ3n) is 3.68. The lowest BCUT2D eigenvalue weighted by Crippen LogP contribution is -1.98. The summed E-state index contributed by atoms with van der Waals surface area (Å²) in [5.41, 5.74) is 2.79. The smallest absolute Gasteiger partial charge is 0.226 e. The molecule has 0 atom stereocenters. The van der Waals surface area contributed by atoms with Gasteiger partial charge in [-0.1, -0.05) is 18.2 Å². The highest BCUT2D eigenvalue weighted by Gasteiger charge is 2.14. The Hall–Kier alpha value is -2.95. The third kappa shape index (κ3) is 3.20. The maximum absolute atomic E-state index is 5.58. The molecule has 0 aliphatic heterocycles. The summed E-state index contributed by atoms with van der Waals surface area (Å²) in [6, 6.07) is 13.6. The Morgan fingerprint density at radius 1 is 0.917 bits per heavy atom. The average molecular weight is 325 g/mol. The molecule has 0 unspecified atom stereocenters. The van der Waals surface area contributed by atoms with E-state index in [9.17, 15) is 0 Å². The molecule has 2 aromatic carbocycles. The Morgan fingerprint density at radius 3 is 2.17 bits per heavy atom. The van der Waals surface area contributed by atoms with E-state index in [4.69, 9.17) is 18.6 Å². The number of ether oxygens (including phenoxy) is 3. The van der Waals surface area contributed by atoms with E-state index in [2.05, 4.69) is 4.98 Å². The van der Waals surface area contributed by atoms with Gasteiger partial charge in [-0.25, -0.2) is 4.98 Å². The van der Waals surface area contributed by atoms with Crippen molar-refractivity contribution in [3.63, 3.8) is 0 Å². The van der Waals surface area contributed by atoms with Crippen molar-refractivity contribution >= 4 is 0 Å². The molecule has 0 amide bonds. The van der Waals surface area contributed by atoms with Crippen LogP contribution in [0, 0.1) is 0 Å². The number of aromatic nitrogens is 1. The second-order valence-corrected chi connectivity index (χ2v) is 5.22. The number of rotatable bonds is 6. The van der Waals surface area contributed by atoms with Gasteiger partial charge in [0.2, 0.25) is 11.6 Å². The second kappa shape index (κ2) is 7.08. The first-order valence-electron chi connectivity index (χ1n) is 7.54. The highest BCUT2D eigenvalue weighted by atomic mass is 16.5. The Balaban J connectivity index is 1.88. The Bertz CT molecular complexity index is 786. The van der Waals surface area contributed by atoms with Gasteiger partial charge < -0.3 is 18.6 Å². The largest absolute Gasteiger partial charge is 0.493 e. The van der Waals surface area contributed by atoms with Crippen LogP contribution in [0.2, 0.25) is 0 Å². The second-order valence-electron chi connectivity index (χ2n) is 5.22. The van der Waals surface area contributed by atoms with Crippen LogP contribution < -0.4 is 14.2 Å². The van der Waals surface area contributed by atoms with Crippen molar-refractivity contribution in [2.45, 2.75) is 6.42 Å². The SMILES string of the molecule is COc1cc(Cc2coc(-c3ccccc3)n2)cc(OC)c1OC. The summed E-state index contributed by atoms with van der Waals surface area (Å²) in [5.74, 6) is 2.43. The zero-order valence-corrected chi connectivity index (χ0v) is 13.9. The minimum Gasteiger partial charge on any atom is -0.493 e. The van der Waals surface area contributed by atoms with E-state index in [1.165, 1.54) is 0 Å². The first kappa shape index (κ1) is 15.9. The highest BCUT2D eigenvalue weighted by molar-refractivity contribution is 5.55. The van der Waals surface area contributed by atoms with E-state index in [1.54, 1.807) is 27.6 Å². The lowest BCUT2D eigenvalue weighted by atomic mass is 10.1. The molecule has 1 heterocycles. The zero-order chi connectivity index (χ0) is 16.9. The number of benzene rings is 2. The monoisotopic (exact) mass is 325 g/mol. The fourth-order valence-corrected chi connectivity index (χ4v) is 2.55. The minimum absolute atomic E-state index is 0.578. The molecule has 0 fully saturated rings. The molecule has 0 aliphatic rings. The molecule has 3 aromatic rings. The minimum atomic E-state index is 0.578. The molecule has 0 bridgehead atoms. The molecule has 1 aromatic heterocycles. The topological polar surface area (TPSA) is 53.7 Å². The van der Waals surface area contributed by atoms with Crippen LogP contribution in [-0.2, 0) is 6.42 Å². The van der Waals surface area contributed by atoms with Gasteiger partial charge in [-0.05, 0) is 29.8 Å². The Kier molecular flexibility index (Phi) is 4.70. The van der Waals surface area contributed by atoms with Gasteiger partial charge in [0.25, 0.3) is 0 Å². The molecule has 3 rings (SSSR count). The molecule has 124 valence electrons. The van der Waals surface area contributed by atoms with Crippen molar-refractivity contribution in [1.82, 2.24) is 4.98 Å². The standard InChI is InChI=1S/C19H19NO4/c1-21-16-10-13(11-17(22-2)18(16)23-3)9-15-12-24-19(20-15)14-7-5-4-6-8-14/h4-8,10-12H,9H2,1-3H3. The molecule has 0 radical (unpaired) electrons. The van der Waals surface area contributed by atoms with Crippen molar-refractivity contribution < 1.29 is 18.6 Å². The molecular formula is C19H19NO4.